The fraction of sp³-hybridized carbons (Fsp3) is 0.200. The number of nitrogens with one attached hydrogen (secondary N) is 2. The molecule has 2 N–H and O–H groups in total. The smallest absolute Gasteiger partial charge is 0.328 e. The van der Waals surface area contributed by atoms with Crippen LogP contribution in [0.4, 0.5) is 22.1 Å². The highest BCUT2D eigenvalue weighted by Gasteiger charge is 2.23. The number of pyridine rings is 3. The molecule has 0 saturated heterocycles. The summed E-state index contributed by atoms with van der Waals surface area (Å²) in [4.78, 5) is 27.6. The molecule has 0 unspecified atom stereocenters. The summed E-state index contributed by atoms with van der Waals surface area (Å²) in [5, 5.41) is 6.17. The van der Waals surface area contributed by atoms with Gasteiger partial charge in [0, 0.05) is 31.0 Å². The molecule has 0 spiro atoms. The highest BCUT2D eigenvalue weighted by Crippen LogP contribution is 2.31. The van der Waals surface area contributed by atoms with Crippen molar-refractivity contribution in [1.29, 1.82) is 0 Å². The molecule has 1 aliphatic rings. The van der Waals surface area contributed by atoms with Crippen LogP contribution in [-0.2, 0) is 0 Å². The summed E-state index contributed by atoms with van der Waals surface area (Å²) in [7, 11) is 1.60. The number of anilines is 3. The van der Waals surface area contributed by atoms with E-state index < -0.39 is 0 Å². The first kappa shape index (κ1) is 17.7. The maximum Gasteiger partial charge on any atom is 0.328 e. The third-order valence-electron chi connectivity index (χ3n) is 4.39. The quantitative estimate of drug-likeness (QED) is 0.728. The Bertz CT molecular complexity index is 979. The van der Waals surface area contributed by atoms with Gasteiger partial charge in [-0.2, -0.15) is 0 Å². The number of methoxy groups -OCH3 is 1. The maximum atomic E-state index is 12.9. The molecule has 142 valence electrons. The normalized spacial score (nSPS) is 13.1. The van der Waals surface area contributed by atoms with Crippen molar-refractivity contribution in [1.82, 2.24) is 15.0 Å². The van der Waals surface area contributed by atoms with Gasteiger partial charge in [-0.15, -0.1) is 0 Å². The van der Waals surface area contributed by atoms with Crippen molar-refractivity contribution in [2.24, 2.45) is 0 Å². The van der Waals surface area contributed by atoms with E-state index in [4.69, 9.17) is 9.72 Å². The van der Waals surface area contributed by atoms with Gasteiger partial charge in [0.05, 0.1) is 24.7 Å². The van der Waals surface area contributed by atoms with Crippen LogP contribution in [0, 0.1) is 0 Å². The molecular formula is C20H20N6O2. The first-order valence-corrected chi connectivity index (χ1v) is 8.98. The van der Waals surface area contributed by atoms with E-state index in [1.54, 1.807) is 42.7 Å². The lowest BCUT2D eigenvalue weighted by Crippen LogP contribution is -2.36. The number of nitrogens with zero attached hydrogens (tertiary/aromatic N) is 4. The van der Waals surface area contributed by atoms with E-state index in [0.717, 1.165) is 24.2 Å². The summed E-state index contributed by atoms with van der Waals surface area (Å²) in [5.41, 5.74) is 2.34. The minimum absolute atomic E-state index is 0.267. The van der Waals surface area contributed by atoms with Crippen LogP contribution in [0.15, 0.2) is 55.0 Å². The molecule has 3 aromatic rings. The number of urea groups is 1. The van der Waals surface area contributed by atoms with E-state index in [2.05, 4.69) is 20.6 Å². The monoisotopic (exact) mass is 376 g/mol. The summed E-state index contributed by atoms with van der Waals surface area (Å²) in [6.07, 6.45) is 5.81. The number of aromatic nitrogens is 3. The summed E-state index contributed by atoms with van der Waals surface area (Å²) < 4.78 is 5.25. The zero-order chi connectivity index (χ0) is 19.3. The molecule has 4 heterocycles. The SMILES string of the molecule is COc1cncc(-c2ccc3c(n2)N(C(=O)Nc2ccccn2)CCCN3)c1. The molecule has 1 aliphatic heterocycles. The van der Waals surface area contributed by atoms with Crippen molar-refractivity contribution in [3.8, 4) is 17.0 Å². The van der Waals surface area contributed by atoms with Crippen molar-refractivity contribution < 1.29 is 9.53 Å². The van der Waals surface area contributed by atoms with E-state index in [0.29, 0.717) is 29.6 Å². The van der Waals surface area contributed by atoms with Crippen LogP contribution in [-0.4, -0.2) is 41.2 Å². The van der Waals surface area contributed by atoms with Crippen molar-refractivity contribution >= 4 is 23.4 Å². The third kappa shape index (κ3) is 3.71. The highest BCUT2D eigenvalue weighted by atomic mass is 16.5. The average Bonchev–Trinajstić information content (AvgIpc) is 2.96. The van der Waals surface area contributed by atoms with Gasteiger partial charge in [0.25, 0.3) is 0 Å². The lowest BCUT2D eigenvalue weighted by atomic mass is 10.2. The van der Waals surface area contributed by atoms with Crippen molar-refractivity contribution in [2.75, 3.05) is 35.7 Å². The predicted molar refractivity (Wildman–Crippen MR) is 108 cm³/mol. The lowest BCUT2D eigenvalue weighted by molar-refractivity contribution is 0.256. The summed E-state index contributed by atoms with van der Waals surface area (Å²) in [6.45, 7) is 1.31. The molecule has 0 atom stereocenters. The fourth-order valence-electron chi connectivity index (χ4n) is 3.00. The minimum atomic E-state index is -0.267. The molecule has 3 aromatic heterocycles. The first-order valence-electron chi connectivity index (χ1n) is 8.98. The maximum absolute atomic E-state index is 12.9. The van der Waals surface area contributed by atoms with Crippen LogP contribution < -0.4 is 20.3 Å². The fourth-order valence-corrected chi connectivity index (χ4v) is 3.00. The number of fused-ring (bicyclic) bond motifs is 1. The first-order chi connectivity index (χ1) is 13.7. The molecule has 0 saturated carbocycles. The molecule has 0 aromatic carbocycles. The Kier molecular flexibility index (Phi) is 5.01. The number of rotatable bonds is 3. The standard InChI is InChI=1S/C20H20N6O2/c1-28-15-11-14(12-21-13-15)16-6-7-17-19(24-16)26(10-4-9-22-17)20(27)25-18-5-2-3-8-23-18/h2-3,5-8,11-13,22H,4,9-10H2,1H3,(H,23,25,27). The molecule has 0 aliphatic carbocycles. The zero-order valence-corrected chi connectivity index (χ0v) is 15.4. The van der Waals surface area contributed by atoms with E-state index in [1.807, 2.05) is 24.3 Å². The summed E-state index contributed by atoms with van der Waals surface area (Å²) in [5.74, 6) is 1.72. The molecule has 28 heavy (non-hydrogen) atoms. The van der Waals surface area contributed by atoms with E-state index >= 15 is 0 Å². The van der Waals surface area contributed by atoms with E-state index in [1.165, 1.54) is 0 Å². The Morgan fingerprint density at radius 1 is 1.25 bits per heavy atom. The average molecular weight is 376 g/mol. The summed E-state index contributed by atoms with van der Waals surface area (Å²) in [6, 6.07) is 10.8. The van der Waals surface area contributed by atoms with Crippen LogP contribution in [0.2, 0.25) is 0 Å². The summed E-state index contributed by atoms with van der Waals surface area (Å²) >= 11 is 0. The molecular weight excluding hydrogens is 356 g/mol. The van der Waals surface area contributed by atoms with Gasteiger partial charge in [0.15, 0.2) is 5.82 Å². The second kappa shape index (κ2) is 7.91. The molecule has 2 amide bonds. The van der Waals surface area contributed by atoms with Gasteiger partial charge in [-0.05, 0) is 36.8 Å². The highest BCUT2D eigenvalue weighted by molar-refractivity contribution is 6.02. The van der Waals surface area contributed by atoms with Gasteiger partial charge in [-0.25, -0.2) is 14.8 Å². The Balaban J connectivity index is 1.68. The number of amides is 2. The van der Waals surface area contributed by atoms with Gasteiger partial charge in [0.2, 0.25) is 0 Å². The lowest BCUT2D eigenvalue weighted by Gasteiger charge is -2.22. The molecule has 8 nitrogen and oxygen atoms in total. The van der Waals surface area contributed by atoms with E-state index in [-0.39, 0.29) is 6.03 Å². The second-order valence-corrected chi connectivity index (χ2v) is 6.26. The Morgan fingerprint density at radius 2 is 2.18 bits per heavy atom. The van der Waals surface area contributed by atoms with Crippen molar-refractivity contribution in [3.63, 3.8) is 0 Å². The van der Waals surface area contributed by atoms with Crippen LogP contribution in [0.25, 0.3) is 11.3 Å². The van der Waals surface area contributed by atoms with E-state index in [9.17, 15) is 4.79 Å². The Labute approximate surface area is 162 Å². The molecule has 0 fully saturated rings. The van der Waals surface area contributed by atoms with Gasteiger partial charge in [0.1, 0.15) is 11.6 Å². The van der Waals surface area contributed by atoms with Crippen LogP contribution in [0.3, 0.4) is 0 Å². The molecule has 8 heteroatoms. The van der Waals surface area contributed by atoms with Crippen LogP contribution in [0.1, 0.15) is 6.42 Å². The largest absolute Gasteiger partial charge is 0.495 e. The number of carbonyl (C=O) groups excluding carboxylic acids is 1. The van der Waals surface area contributed by atoms with Gasteiger partial charge in [-0.3, -0.25) is 15.2 Å². The van der Waals surface area contributed by atoms with Gasteiger partial charge >= 0.3 is 6.03 Å². The Morgan fingerprint density at radius 3 is 3.00 bits per heavy atom. The third-order valence-corrected chi connectivity index (χ3v) is 4.39. The van der Waals surface area contributed by atoms with Crippen molar-refractivity contribution in [3.05, 3.63) is 55.0 Å². The number of carbonyl (C=O) groups is 1. The molecule has 4 rings (SSSR count). The second-order valence-electron chi connectivity index (χ2n) is 6.26. The van der Waals surface area contributed by atoms with Gasteiger partial charge < -0.3 is 10.1 Å². The van der Waals surface area contributed by atoms with Gasteiger partial charge in [-0.1, -0.05) is 6.07 Å². The molecule has 0 bridgehead atoms. The minimum Gasteiger partial charge on any atom is -0.495 e. The van der Waals surface area contributed by atoms with Crippen molar-refractivity contribution in [2.45, 2.75) is 6.42 Å². The zero-order valence-electron chi connectivity index (χ0n) is 15.4. The molecule has 0 radical (unpaired) electrons. The number of hydrogen-bond donors (Lipinski definition) is 2. The Hall–Kier alpha value is -3.68. The number of hydrogen-bond acceptors (Lipinski definition) is 6. The topological polar surface area (TPSA) is 92.3 Å². The number of ether oxygens (including phenoxy) is 1. The predicted octanol–water partition coefficient (Wildman–Crippen LogP) is 3.40. The van der Waals surface area contributed by atoms with Crippen LogP contribution >= 0.6 is 0 Å². The van der Waals surface area contributed by atoms with Crippen LogP contribution in [0.5, 0.6) is 5.75 Å².